The normalized spacial score (nSPS) is 26.4. The van der Waals surface area contributed by atoms with E-state index in [1.54, 1.807) is 6.92 Å². The summed E-state index contributed by atoms with van der Waals surface area (Å²) < 4.78 is 50.7. The van der Waals surface area contributed by atoms with Gasteiger partial charge in [-0.1, -0.05) is 11.6 Å². The van der Waals surface area contributed by atoms with Gasteiger partial charge in [0.1, 0.15) is 0 Å². The van der Waals surface area contributed by atoms with Gasteiger partial charge in [0, 0.05) is 23.7 Å². The first kappa shape index (κ1) is 17.0. The molecular weight excluding hydrogens is 349 g/mol. The molecule has 0 aromatic heterocycles. The molecule has 2 atom stereocenters. The van der Waals surface area contributed by atoms with Crippen LogP contribution >= 0.6 is 11.6 Å². The standard InChI is InChI=1S/C15H16ClF3N2O3/c1-9-4-2-3-7-21(9)13(22)20-15(14(17,18)19)23-11-6-5-10(16)8-12(11)24-15/h5-6,8-9H,2-4,7H2,1H3,(H,20,22)/t9-,15+/m0/s1. The quantitative estimate of drug-likeness (QED) is 0.822. The fraction of sp³-hybridized carbons (Fsp3) is 0.533. The fourth-order valence-corrected chi connectivity index (χ4v) is 2.99. The number of hydrogen-bond donors (Lipinski definition) is 1. The van der Waals surface area contributed by atoms with Crippen molar-refractivity contribution in [1.82, 2.24) is 10.2 Å². The molecule has 0 bridgehead atoms. The minimum atomic E-state index is -4.98. The highest BCUT2D eigenvalue weighted by molar-refractivity contribution is 6.30. The van der Waals surface area contributed by atoms with Crippen LogP contribution in [0.5, 0.6) is 11.5 Å². The lowest BCUT2D eigenvalue weighted by molar-refractivity contribution is -0.318. The Bertz CT molecular complexity index is 655. The third-order valence-electron chi connectivity index (χ3n) is 4.12. The van der Waals surface area contributed by atoms with Gasteiger partial charge >= 0.3 is 18.1 Å². The summed E-state index contributed by atoms with van der Waals surface area (Å²) in [5, 5.41) is 2.07. The van der Waals surface area contributed by atoms with E-state index in [4.69, 9.17) is 21.1 Å². The molecule has 9 heteroatoms. The molecule has 1 aromatic rings. The number of rotatable bonds is 1. The van der Waals surface area contributed by atoms with E-state index in [-0.39, 0.29) is 22.6 Å². The second kappa shape index (κ2) is 5.91. The Balaban J connectivity index is 1.85. The summed E-state index contributed by atoms with van der Waals surface area (Å²) in [5.41, 5.74) is 0. The largest absolute Gasteiger partial charge is 0.492 e. The highest BCUT2D eigenvalue weighted by Gasteiger charge is 2.66. The maximum absolute atomic E-state index is 13.6. The Hall–Kier alpha value is -1.83. The van der Waals surface area contributed by atoms with Gasteiger partial charge < -0.3 is 14.4 Å². The number of benzene rings is 1. The van der Waals surface area contributed by atoms with Crippen LogP contribution in [0.2, 0.25) is 5.02 Å². The number of halogens is 4. The number of fused-ring (bicyclic) bond motifs is 1. The molecular formula is C15H16ClF3N2O3. The van der Waals surface area contributed by atoms with E-state index in [2.05, 4.69) is 0 Å². The average Bonchev–Trinajstić information content (AvgIpc) is 2.85. The highest BCUT2D eigenvalue weighted by Crippen LogP contribution is 2.46. The number of nitrogens with zero attached hydrogens (tertiary/aromatic N) is 1. The third-order valence-corrected chi connectivity index (χ3v) is 4.36. The smallest absolute Gasteiger partial charge is 0.424 e. The molecule has 24 heavy (non-hydrogen) atoms. The zero-order valence-corrected chi connectivity index (χ0v) is 13.6. The average molecular weight is 365 g/mol. The van der Waals surface area contributed by atoms with Gasteiger partial charge in [-0.2, -0.15) is 13.2 Å². The molecule has 0 unspecified atom stereocenters. The summed E-state index contributed by atoms with van der Waals surface area (Å²) in [5.74, 6) is -3.57. The van der Waals surface area contributed by atoms with E-state index < -0.39 is 18.1 Å². The van der Waals surface area contributed by atoms with Crippen LogP contribution in [0.3, 0.4) is 0 Å². The van der Waals surface area contributed by atoms with Crippen molar-refractivity contribution < 1.29 is 27.4 Å². The third kappa shape index (κ3) is 2.94. The van der Waals surface area contributed by atoms with Crippen LogP contribution in [-0.4, -0.2) is 35.6 Å². The molecule has 1 N–H and O–H groups in total. The summed E-state index contributed by atoms with van der Waals surface area (Å²) in [6.45, 7) is 2.18. The van der Waals surface area contributed by atoms with E-state index in [9.17, 15) is 18.0 Å². The number of likely N-dealkylation sites (tertiary alicyclic amines) is 1. The number of piperidine rings is 1. The Kier molecular flexibility index (Phi) is 4.19. The number of alkyl halides is 3. The van der Waals surface area contributed by atoms with Crippen molar-refractivity contribution in [2.45, 2.75) is 44.3 Å². The molecule has 5 nitrogen and oxygen atoms in total. The van der Waals surface area contributed by atoms with Crippen molar-refractivity contribution >= 4 is 17.6 Å². The zero-order chi connectivity index (χ0) is 17.5. The van der Waals surface area contributed by atoms with Gasteiger partial charge in [0.25, 0.3) is 0 Å². The topological polar surface area (TPSA) is 50.8 Å². The number of carbonyl (C=O) groups excluding carboxylic acids is 1. The van der Waals surface area contributed by atoms with Crippen LogP contribution in [0.15, 0.2) is 18.2 Å². The van der Waals surface area contributed by atoms with Gasteiger partial charge in [0.2, 0.25) is 0 Å². The van der Waals surface area contributed by atoms with Gasteiger partial charge in [-0.25, -0.2) is 4.79 Å². The minimum Gasteiger partial charge on any atom is -0.424 e. The van der Waals surface area contributed by atoms with Crippen molar-refractivity contribution in [2.75, 3.05) is 6.54 Å². The van der Waals surface area contributed by atoms with Crippen molar-refractivity contribution in [3.63, 3.8) is 0 Å². The van der Waals surface area contributed by atoms with Gasteiger partial charge in [0.15, 0.2) is 11.5 Å². The molecule has 2 heterocycles. The number of amides is 2. The molecule has 1 fully saturated rings. The van der Waals surface area contributed by atoms with E-state index >= 15 is 0 Å². The Morgan fingerprint density at radius 1 is 1.33 bits per heavy atom. The molecule has 0 radical (unpaired) electrons. The first-order chi connectivity index (χ1) is 11.2. The summed E-state index contributed by atoms with van der Waals surface area (Å²) in [4.78, 5) is 13.7. The van der Waals surface area contributed by atoms with Crippen LogP contribution in [-0.2, 0) is 0 Å². The molecule has 2 amide bonds. The van der Waals surface area contributed by atoms with E-state index in [0.29, 0.717) is 6.54 Å². The lowest BCUT2D eigenvalue weighted by atomic mass is 10.0. The van der Waals surface area contributed by atoms with Crippen molar-refractivity contribution in [3.8, 4) is 11.5 Å². The number of nitrogens with one attached hydrogen (secondary N) is 1. The Labute approximate surface area is 141 Å². The van der Waals surface area contributed by atoms with E-state index in [0.717, 1.165) is 19.3 Å². The molecule has 2 aliphatic rings. The number of ether oxygens (including phenoxy) is 2. The van der Waals surface area contributed by atoms with Crippen LogP contribution in [0.4, 0.5) is 18.0 Å². The monoisotopic (exact) mass is 364 g/mol. The van der Waals surface area contributed by atoms with Crippen molar-refractivity contribution in [3.05, 3.63) is 23.2 Å². The van der Waals surface area contributed by atoms with Crippen molar-refractivity contribution in [1.29, 1.82) is 0 Å². The summed E-state index contributed by atoms with van der Waals surface area (Å²) in [7, 11) is 0. The van der Waals surface area contributed by atoms with E-state index in [1.807, 2.05) is 5.32 Å². The molecule has 0 saturated carbocycles. The van der Waals surface area contributed by atoms with Crippen LogP contribution in [0.1, 0.15) is 26.2 Å². The second-order valence-corrected chi connectivity index (χ2v) is 6.31. The maximum Gasteiger partial charge on any atom is 0.492 e. The number of urea groups is 1. The Morgan fingerprint density at radius 3 is 2.71 bits per heavy atom. The predicted molar refractivity (Wildman–Crippen MR) is 80.0 cm³/mol. The van der Waals surface area contributed by atoms with Gasteiger partial charge in [-0.05, 0) is 38.3 Å². The number of carbonyl (C=O) groups is 1. The van der Waals surface area contributed by atoms with E-state index in [1.165, 1.54) is 23.1 Å². The van der Waals surface area contributed by atoms with Gasteiger partial charge in [0.05, 0.1) is 0 Å². The molecule has 132 valence electrons. The molecule has 2 aliphatic heterocycles. The molecule has 0 aliphatic carbocycles. The minimum absolute atomic E-state index is 0.135. The lowest BCUT2D eigenvalue weighted by Crippen LogP contribution is -2.67. The van der Waals surface area contributed by atoms with Gasteiger partial charge in [-0.3, -0.25) is 5.32 Å². The molecule has 0 spiro atoms. The molecule has 3 rings (SSSR count). The zero-order valence-electron chi connectivity index (χ0n) is 12.8. The molecule has 1 saturated heterocycles. The number of hydrogen-bond acceptors (Lipinski definition) is 3. The van der Waals surface area contributed by atoms with Crippen LogP contribution < -0.4 is 14.8 Å². The lowest BCUT2D eigenvalue weighted by Gasteiger charge is -2.37. The van der Waals surface area contributed by atoms with Crippen LogP contribution in [0.25, 0.3) is 0 Å². The Morgan fingerprint density at radius 2 is 2.04 bits per heavy atom. The first-order valence-corrected chi connectivity index (χ1v) is 7.93. The van der Waals surface area contributed by atoms with Crippen molar-refractivity contribution in [2.24, 2.45) is 0 Å². The second-order valence-electron chi connectivity index (χ2n) is 5.88. The molecule has 1 aromatic carbocycles. The summed E-state index contributed by atoms with van der Waals surface area (Å²) in [6.07, 6.45) is -2.56. The fourth-order valence-electron chi connectivity index (χ4n) is 2.83. The predicted octanol–water partition coefficient (Wildman–Crippen LogP) is 3.91. The highest BCUT2D eigenvalue weighted by atomic mass is 35.5. The maximum atomic E-state index is 13.6. The summed E-state index contributed by atoms with van der Waals surface area (Å²) >= 11 is 5.76. The van der Waals surface area contributed by atoms with Crippen LogP contribution in [0, 0.1) is 0 Å². The SMILES string of the molecule is C[C@H]1CCCCN1C(=O)N[C@]1(C(F)(F)F)Oc2ccc(Cl)cc2O1. The van der Waals surface area contributed by atoms with Gasteiger partial charge in [-0.15, -0.1) is 0 Å². The first-order valence-electron chi connectivity index (χ1n) is 7.55. The summed E-state index contributed by atoms with van der Waals surface area (Å²) in [6, 6.07) is 2.83.